The molecule has 0 saturated carbocycles. The molecule has 0 aromatic heterocycles. The van der Waals surface area contributed by atoms with Crippen LogP contribution in [0.3, 0.4) is 0 Å². The van der Waals surface area contributed by atoms with Gasteiger partial charge in [0.05, 0.1) is 5.60 Å². The molecule has 0 aliphatic carbocycles. The average Bonchev–Trinajstić information content (AvgIpc) is 2.21. The number of benzene rings is 1. The highest BCUT2D eigenvalue weighted by atomic mass is 35.5. The number of nitrogens with zero attached hydrogens (tertiary/aromatic N) is 1. The predicted octanol–water partition coefficient (Wildman–Crippen LogP) is 1.88. The Morgan fingerprint density at radius 1 is 1.44 bits per heavy atom. The summed E-state index contributed by atoms with van der Waals surface area (Å²) < 4.78 is 13.4. The van der Waals surface area contributed by atoms with Gasteiger partial charge < -0.3 is 15.3 Å². The molecule has 3 nitrogen and oxygen atoms in total. The Hall–Kier alpha value is -0.680. The van der Waals surface area contributed by atoms with Gasteiger partial charge in [-0.15, -0.1) is 0 Å². The summed E-state index contributed by atoms with van der Waals surface area (Å²) in [6.07, 6.45) is 0. The van der Waals surface area contributed by atoms with E-state index in [0.29, 0.717) is 30.2 Å². The van der Waals surface area contributed by atoms with Gasteiger partial charge in [-0.3, -0.25) is 0 Å². The van der Waals surface area contributed by atoms with Gasteiger partial charge in [0.1, 0.15) is 5.82 Å². The van der Waals surface area contributed by atoms with E-state index in [1.807, 2.05) is 19.0 Å². The molecule has 0 amide bonds. The molecular weight excluding hydrogens is 255 g/mol. The van der Waals surface area contributed by atoms with E-state index in [0.717, 1.165) is 0 Å². The van der Waals surface area contributed by atoms with E-state index in [9.17, 15) is 9.50 Å². The number of aliphatic hydroxyl groups is 1. The smallest absolute Gasteiger partial charge is 0.127 e. The van der Waals surface area contributed by atoms with Crippen molar-refractivity contribution >= 4 is 11.6 Å². The van der Waals surface area contributed by atoms with Crippen molar-refractivity contribution in [2.75, 3.05) is 27.2 Å². The SMILES string of the molecule is CN(C)CC(C)(O)CNCc1cc(Cl)ccc1F. The molecule has 0 bridgehead atoms. The molecule has 5 heteroatoms. The average molecular weight is 275 g/mol. The molecule has 0 aliphatic rings. The van der Waals surface area contributed by atoms with Crippen molar-refractivity contribution in [3.63, 3.8) is 0 Å². The Morgan fingerprint density at radius 2 is 2.11 bits per heavy atom. The number of likely N-dealkylation sites (N-methyl/N-ethyl adjacent to an activating group) is 1. The molecule has 1 rings (SSSR count). The van der Waals surface area contributed by atoms with Crippen LogP contribution in [0.15, 0.2) is 18.2 Å². The molecule has 1 atom stereocenters. The summed E-state index contributed by atoms with van der Waals surface area (Å²) in [5, 5.41) is 13.6. The van der Waals surface area contributed by atoms with Crippen LogP contribution in [0.1, 0.15) is 12.5 Å². The topological polar surface area (TPSA) is 35.5 Å². The minimum Gasteiger partial charge on any atom is -0.388 e. The van der Waals surface area contributed by atoms with Gasteiger partial charge in [-0.1, -0.05) is 11.6 Å². The third-order valence-electron chi connectivity index (χ3n) is 2.49. The van der Waals surface area contributed by atoms with Crippen molar-refractivity contribution < 1.29 is 9.50 Å². The Kier molecular flexibility index (Phi) is 5.53. The van der Waals surface area contributed by atoms with E-state index in [2.05, 4.69) is 5.32 Å². The van der Waals surface area contributed by atoms with Crippen LogP contribution in [0, 0.1) is 5.82 Å². The summed E-state index contributed by atoms with van der Waals surface area (Å²) in [6.45, 7) is 3.01. The number of nitrogens with one attached hydrogen (secondary N) is 1. The van der Waals surface area contributed by atoms with E-state index in [4.69, 9.17) is 11.6 Å². The Bertz CT molecular complexity index is 397. The quantitative estimate of drug-likeness (QED) is 0.832. The zero-order valence-electron chi connectivity index (χ0n) is 11.0. The van der Waals surface area contributed by atoms with Crippen LogP contribution in [0.5, 0.6) is 0 Å². The van der Waals surface area contributed by atoms with Crippen LogP contribution in [0.4, 0.5) is 4.39 Å². The van der Waals surface area contributed by atoms with Crippen molar-refractivity contribution in [1.82, 2.24) is 10.2 Å². The van der Waals surface area contributed by atoms with Crippen molar-refractivity contribution in [1.29, 1.82) is 0 Å². The van der Waals surface area contributed by atoms with Crippen LogP contribution in [0.2, 0.25) is 5.02 Å². The molecule has 102 valence electrons. The zero-order chi connectivity index (χ0) is 13.8. The van der Waals surface area contributed by atoms with E-state index in [1.54, 1.807) is 13.0 Å². The summed E-state index contributed by atoms with van der Waals surface area (Å²) in [6, 6.07) is 4.45. The molecule has 0 spiro atoms. The highest BCUT2D eigenvalue weighted by Crippen LogP contribution is 2.14. The maximum atomic E-state index is 13.4. The van der Waals surface area contributed by atoms with Crippen molar-refractivity contribution in [2.24, 2.45) is 0 Å². The van der Waals surface area contributed by atoms with Crippen molar-refractivity contribution in [2.45, 2.75) is 19.1 Å². The lowest BCUT2D eigenvalue weighted by Gasteiger charge is -2.27. The molecule has 0 fully saturated rings. The molecule has 0 saturated heterocycles. The molecule has 1 aromatic carbocycles. The van der Waals surface area contributed by atoms with Gasteiger partial charge in [0.15, 0.2) is 0 Å². The maximum absolute atomic E-state index is 13.4. The first-order valence-electron chi connectivity index (χ1n) is 5.82. The highest BCUT2D eigenvalue weighted by molar-refractivity contribution is 6.30. The normalized spacial score (nSPS) is 14.8. The second kappa shape index (κ2) is 6.48. The fraction of sp³-hybridized carbons (Fsp3) is 0.538. The van der Waals surface area contributed by atoms with Gasteiger partial charge >= 0.3 is 0 Å². The Balaban J connectivity index is 2.48. The highest BCUT2D eigenvalue weighted by Gasteiger charge is 2.20. The molecule has 1 aromatic rings. The van der Waals surface area contributed by atoms with Crippen LogP contribution < -0.4 is 5.32 Å². The fourth-order valence-corrected chi connectivity index (χ4v) is 2.08. The number of halogens is 2. The number of hydrogen-bond acceptors (Lipinski definition) is 3. The minimum atomic E-state index is -0.849. The van der Waals surface area contributed by atoms with Gasteiger partial charge in [-0.25, -0.2) is 4.39 Å². The van der Waals surface area contributed by atoms with E-state index >= 15 is 0 Å². The largest absolute Gasteiger partial charge is 0.388 e. The summed E-state index contributed by atoms with van der Waals surface area (Å²) in [5.74, 6) is -0.292. The summed E-state index contributed by atoms with van der Waals surface area (Å²) >= 11 is 5.80. The second-order valence-corrected chi connectivity index (χ2v) is 5.51. The number of rotatable bonds is 6. The van der Waals surface area contributed by atoms with Gasteiger partial charge in [0.2, 0.25) is 0 Å². The van der Waals surface area contributed by atoms with Crippen molar-refractivity contribution in [3.05, 3.63) is 34.6 Å². The van der Waals surface area contributed by atoms with Gasteiger partial charge in [-0.05, 0) is 39.2 Å². The van der Waals surface area contributed by atoms with Crippen LogP contribution in [0.25, 0.3) is 0 Å². The standard InChI is InChI=1S/C13H20ClFN2O/c1-13(18,9-17(2)3)8-16-7-10-6-11(14)4-5-12(10)15/h4-6,16,18H,7-9H2,1-3H3. The van der Waals surface area contributed by atoms with Crippen LogP contribution >= 0.6 is 11.6 Å². The zero-order valence-corrected chi connectivity index (χ0v) is 11.8. The first-order valence-corrected chi connectivity index (χ1v) is 6.20. The monoisotopic (exact) mass is 274 g/mol. The lowest BCUT2D eigenvalue weighted by atomic mass is 10.1. The summed E-state index contributed by atoms with van der Waals surface area (Å²) in [5.41, 5.74) is -0.346. The lowest BCUT2D eigenvalue weighted by Crippen LogP contribution is -2.45. The van der Waals surface area contributed by atoms with Gasteiger partial charge in [-0.2, -0.15) is 0 Å². The molecule has 0 radical (unpaired) electrons. The minimum absolute atomic E-state index is 0.292. The lowest BCUT2D eigenvalue weighted by molar-refractivity contribution is 0.0335. The van der Waals surface area contributed by atoms with E-state index in [-0.39, 0.29) is 5.82 Å². The summed E-state index contributed by atoms with van der Waals surface area (Å²) in [4.78, 5) is 1.90. The maximum Gasteiger partial charge on any atom is 0.127 e. The first kappa shape index (κ1) is 15.4. The molecule has 18 heavy (non-hydrogen) atoms. The van der Waals surface area contributed by atoms with Crippen molar-refractivity contribution in [3.8, 4) is 0 Å². The van der Waals surface area contributed by atoms with Gasteiger partial charge in [0, 0.05) is 30.2 Å². The van der Waals surface area contributed by atoms with E-state index in [1.165, 1.54) is 12.1 Å². The van der Waals surface area contributed by atoms with Crippen LogP contribution in [-0.4, -0.2) is 42.8 Å². The first-order chi connectivity index (χ1) is 8.30. The third-order valence-corrected chi connectivity index (χ3v) is 2.72. The second-order valence-electron chi connectivity index (χ2n) is 5.07. The molecule has 2 N–H and O–H groups in total. The molecular formula is C13H20ClFN2O. The summed E-state index contributed by atoms with van der Waals surface area (Å²) in [7, 11) is 3.79. The predicted molar refractivity (Wildman–Crippen MR) is 72.3 cm³/mol. The van der Waals surface area contributed by atoms with Crippen LogP contribution in [-0.2, 0) is 6.54 Å². The Morgan fingerprint density at radius 3 is 2.72 bits per heavy atom. The van der Waals surface area contributed by atoms with E-state index < -0.39 is 5.60 Å². The Labute approximate surface area is 113 Å². The van der Waals surface area contributed by atoms with Gasteiger partial charge in [0.25, 0.3) is 0 Å². The molecule has 1 unspecified atom stereocenters. The molecule has 0 aliphatic heterocycles. The number of hydrogen-bond donors (Lipinski definition) is 2. The molecule has 0 heterocycles. The third kappa shape index (κ3) is 5.31. The fourth-order valence-electron chi connectivity index (χ4n) is 1.88.